The zero-order chi connectivity index (χ0) is 19.6. The molecule has 3 heterocycles. The van der Waals surface area contributed by atoms with Gasteiger partial charge >= 0.3 is 0 Å². The third-order valence-corrected chi connectivity index (χ3v) is 5.94. The number of guanidine groups is 1. The van der Waals surface area contributed by atoms with Crippen LogP contribution in [0.15, 0.2) is 21.8 Å². The molecule has 1 aromatic heterocycles. The number of nitrogens with zero attached hydrogens (tertiary/aromatic N) is 5. The summed E-state index contributed by atoms with van der Waals surface area (Å²) in [6.45, 7) is 13.8. The molecule has 1 unspecified atom stereocenters. The lowest BCUT2D eigenvalue weighted by Gasteiger charge is -2.36. The van der Waals surface area contributed by atoms with E-state index in [1.807, 2.05) is 6.07 Å². The fraction of sp³-hybridized carbons (Fsp3) is 0.810. The van der Waals surface area contributed by atoms with E-state index < -0.39 is 0 Å². The first kappa shape index (κ1) is 24.4. The molecule has 2 aliphatic rings. The quantitative estimate of drug-likeness (QED) is 0.247. The monoisotopic (exact) mass is 518 g/mol. The number of hydrogen-bond donors (Lipinski definition) is 1. The molecule has 8 heteroatoms. The van der Waals surface area contributed by atoms with Gasteiger partial charge in [-0.25, -0.2) is 0 Å². The highest BCUT2D eigenvalue weighted by molar-refractivity contribution is 14.0. The second kappa shape index (κ2) is 13.4. The van der Waals surface area contributed by atoms with E-state index in [1.54, 1.807) is 6.26 Å². The van der Waals surface area contributed by atoms with Gasteiger partial charge in [-0.1, -0.05) is 11.6 Å². The Morgan fingerprint density at radius 1 is 1.21 bits per heavy atom. The summed E-state index contributed by atoms with van der Waals surface area (Å²) in [5, 5.41) is 7.50. The van der Waals surface area contributed by atoms with Gasteiger partial charge in [0, 0.05) is 57.9 Å². The second-order valence-electron chi connectivity index (χ2n) is 8.08. The van der Waals surface area contributed by atoms with Crippen molar-refractivity contribution in [2.75, 3.05) is 52.4 Å². The number of piperidine rings is 1. The summed E-state index contributed by atoms with van der Waals surface area (Å²) in [6, 6.07) is 2.71. The van der Waals surface area contributed by atoms with E-state index in [4.69, 9.17) is 9.52 Å². The number of hydrogen-bond acceptors (Lipinski definition) is 5. The molecule has 2 aliphatic heterocycles. The molecule has 3 rings (SSSR count). The van der Waals surface area contributed by atoms with Crippen molar-refractivity contribution in [3.63, 3.8) is 0 Å². The Hall–Kier alpha value is -0.870. The summed E-state index contributed by atoms with van der Waals surface area (Å²) in [4.78, 5) is 12.4. The average molecular weight is 518 g/mol. The highest BCUT2D eigenvalue weighted by atomic mass is 127. The standard InChI is InChI=1S/C21H38N6O.HI/c1-3-22-21(23-10-5-7-12-26-11-6-4-8-19(26)2)27-15-13-25(14-16-27)18-20-9-17-28-24-20;/h9,17,19H,3-8,10-16,18H2,1-2H3,(H,22,23);1H. The van der Waals surface area contributed by atoms with Crippen LogP contribution >= 0.6 is 24.0 Å². The average Bonchev–Trinajstić information content (AvgIpc) is 3.22. The maximum Gasteiger partial charge on any atom is 0.194 e. The topological polar surface area (TPSA) is 60.1 Å². The van der Waals surface area contributed by atoms with Crippen molar-refractivity contribution in [3.8, 4) is 0 Å². The molecule has 0 radical (unpaired) electrons. The lowest BCUT2D eigenvalue weighted by molar-refractivity contribution is 0.158. The number of aromatic nitrogens is 1. The molecule has 1 N–H and O–H groups in total. The van der Waals surface area contributed by atoms with Gasteiger partial charge in [0.25, 0.3) is 0 Å². The van der Waals surface area contributed by atoms with Gasteiger partial charge in [-0.05, 0) is 52.6 Å². The highest BCUT2D eigenvalue weighted by Gasteiger charge is 2.20. The van der Waals surface area contributed by atoms with Gasteiger partial charge in [-0.3, -0.25) is 9.89 Å². The molecule has 2 fully saturated rings. The molecule has 0 aromatic carbocycles. The van der Waals surface area contributed by atoms with E-state index in [0.717, 1.165) is 63.5 Å². The number of nitrogens with one attached hydrogen (secondary N) is 1. The van der Waals surface area contributed by atoms with Crippen LogP contribution in [0, 0.1) is 0 Å². The first-order chi connectivity index (χ1) is 13.8. The fourth-order valence-electron chi connectivity index (χ4n) is 4.19. The first-order valence-electron chi connectivity index (χ1n) is 11.1. The van der Waals surface area contributed by atoms with Crippen molar-refractivity contribution in [1.82, 2.24) is 25.2 Å². The Labute approximate surface area is 193 Å². The van der Waals surface area contributed by atoms with Crippen LogP contribution in [0.3, 0.4) is 0 Å². The minimum atomic E-state index is 0. The van der Waals surface area contributed by atoms with E-state index in [0.29, 0.717) is 0 Å². The molecule has 0 spiro atoms. The predicted molar refractivity (Wildman–Crippen MR) is 129 cm³/mol. The summed E-state index contributed by atoms with van der Waals surface area (Å²) in [7, 11) is 0. The number of piperazine rings is 1. The van der Waals surface area contributed by atoms with E-state index >= 15 is 0 Å². The van der Waals surface area contributed by atoms with Crippen LogP contribution in [0.5, 0.6) is 0 Å². The van der Waals surface area contributed by atoms with Gasteiger partial charge in [-0.2, -0.15) is 0 Å². The largest absolute Gasteiger partial charge is 0.364 e. The van der Waals surface area contributed by atoms with Crippen LogP contribution in [0.1, 0.15) is 51.6 Å². The van der Waals surface area contributed by atoms with E-state index in [9.17, 15) is 0 Å². The first-order valence-corrected chi connectivity index (χ1v) is 11.1. The molecule has 2 saturated heterocycles. The molecule has 1 aromatic rings. The number of unbranched alkanes of at least 4 members (excludes halogenated alkanes) is 1. The van der Waals surface area contributed by atoms with Gasteiger partial charge in [0.05, 0.1) is 5.69 Å². The minimum absolute atomic E-state index is 0. The fourth-order valence-corrected chi connectivity index (χ4v) is 4.19. The van der Waals surface area contributed by atoms with Crippen LogP contribution < -0.4 is 5.32 Å². The normalized spacial score (nSPS) is 21.8. The number of rotatable bonds is 8. The Kier molecular flexibility index (Phi) is 11.3. The summed E-state index contributed by atoms with van der Waals surface area (Å²) in [5.41, 5.74) is 1.01. The molecular formula is C21H39IN6O. The predicted octanol–water partition coefficient (Wildman–Crippen LogP) is 3.03. The maximum atomic E-state index is 4.94. The SMILES string of the molecule is CCNC(=NCCCCN1CCCCC1C)N1CCN(Cc2ccon2)CC1.I. The molecule has 0 saturated carbocycles. The summed E-state index contributed by atoms with van der Waals surface area (Å²) < 4.78 is 4.94. The molecule has 29 heavy (non-hydrogen) atoms. The second-order valence-corrected chi connectivity index (χ2v) is 8.08. The molecule has 0 amide bonds. The highest BCUT2D eigenvalue weighted by Crippen LogP contribution is 2.16. The number of likely N-dealkylation sites (tertiary alicyclic amines) is 1. The Balaban J connectivity index is 0.00000300. The third kappa shape index (κ3) is 8.05. The zero-order valence-corrected chi connectivity index (χ0v) is 20.5. The van der Waals surface area contributed by atoms with Crippen molar-refractivity contribution in [1.29, 1.82) is 0 Å². The van der Waals surface area contributed by atoms with Crippen LogP contribution in [0.2, 0.25) is 0 Å². The minimum Gasteiger partial charge on any atom is -0.364 e. The Bertz CT molecular complexity index is 574. The third-order valence-electron chi connectivity index (χ3n) is 5.94. The summed E-state index contributed by atoms with van der Waals surface area (Å²) in [5.74, 6) is 1.08. The Morgan fingerprint density at radius 2 is 2.03 bits per heavy atom. The molecule has 7 nitrogen and oxygen atoms in total. The van der Waals surface area contributed by atoms with E-state index in [2.05, 4.69) is 39.0 Å². The van der Waals surface area contributed by atoms with Gasteiger partial charge in [0.15, 0.2) is 5.96 Å². The zero-order valence-electron chi connectivity index (χ0n) is 18.2. The van der Waals surface area contributed by atoms with Crippen molar-refractivity contribution < 1.29 is 4.52 Å². The Morgan fingerprint density at radius 3 is 2.72 bits per heavy atom. The van der Waals surface area contributed by atoms with Crippen LogP contribution in [-0.2, 0) is 6.54 Å². The van der Waals surface area contributed by atoms with Gasteiger partial charge < -0.3 is 19.6 Å². The van der Waals surface area contributed by atoms with Crippen LogP contribution in [0.25, 0.3) is 0 Å². The smallest absolute Gasteiger partial charge is 0.194 e. The molecule has 166 valence electrons. The summed E-state index contributed by atoms with van der Waals surface area (Å²) >= 11 is 0. The van der Waals surface area contributed by atoms with Crippen molar-refractivity contribution in [3.05, 3.63) is 18.0 Å². The lowest BCUT2D eigenvalue weighted by atomic mass is 10.0. The van der Waals surface area contributed by atoms with Crippen molar-refractivity contribution in [2.24, 2.45) is 4.99 Å². The molecule has 0 aliphatic carbocycles. The number of halogens is 1. The van der Waals surface area contributed by atoms with Gasteiger partial charge in [-0.15, -0.1) is 24.0 Å². The van der Waals surface area contributed by atoms with Crippen molar-refractivity contribution >= 4 is 29.9 Å². The molecule has 0 bridgehead atoms. The van der Waals surface area contributed by atoms with Crippen LogP contribution in [-0.4, -0.2) is 84.2 Å². The lowest BCUT2D eigenvalue weighted by Crippen LogP contribution is -2.52. The summed E-state index contributed by atoms with van der Waals surface area (Å²) in [6.07, 6.45) is 8.21. The van der Waals surface area contributed by atoms with Crippen LogP contribution in [0.4, 0.5) is 0 Å². The molecule has 1 atom stereocenters. The van der Waals surface area contributed by atoms with E-state index in [-0.39, 0.29) is 24.0 Å². The molecular weight excluding hydrogens is 479 g/mol. The number of aliphatic imine (C=N–C) groups is 1. The van der Waals surface area contributed by atoms with Gasteiger partial charge in [0.2, 0.25) is 0 Å². The maximum absolute atomic E-state index is 4.94. The van der Waals surface area contributed by atoms with E-state index in [1.165, 1.54) is 45.2 Å². The van der Waals surface area contributed by atoms with Gasteiger partial charge in [0.1, 0.15) is 6.26 Å². The van der Waals surface area contributed by atoms with Crippen molar-refractivity contribution in [2.45, 2.75) is 58.5 Å².